The number of aromatic nitrogens is 2. The van der Waals surface area contributed by atoms with Crippen molar-refractivity contribution in [2.75, 3.05) is 0 Å². The number of carboxylic acids is 1. The quantitative estimate of drug-likeness (QED) is 0.827. The van der Waals surface area contributed by atoms with Gasteiger partial charge in [-0.1, -0.05) is 0 Å². The highest BCUT2D eigenvalue weighted by Crippen LogP contribution is 2.27. The Morgan fingerprint density at radius 1 is 1.56 bits per heavy atom. The fourth-order valence-corrected chi connectivity index (χ4v) is 1.97. The predicted molar refractivity (Wildman–Crippen MR) is 59.0 cm³/mol. The number of nitrogens with zero attached hydrogens (tertiary/aromatic N) is 2. The number of carboxylic acid groups (broad SMARTS) is 1. The monoisotopic (exact) mass is 236 g/mol. The largest absolute Gasteiger partial charge is 0.478 e. The topological polar surface area (TPSA) is 76.2 Å². The number of hydrogen-bond acceptors (Lipinski definition) is 5. The van der Waals surface area contributed by atoms with E-state index in [0.717, 1.165) is 16.5 Å². The lowest BCUT2D eigenvalue weighted by molar-refractivity contribution is -0.131. The Morgan fingerprint density at radius 2 is 2.38 bits per heavy atom. The van der Waals surface area contributed by atoms with E-state index in [1.54, 1.807) is 0 Å². The van der Waals surface area contributed by atoms with Gasteiger partial charge in [0.25, 0.3) is 5.89 Å². The van der Waals surface area contributed by atoms with Crippen LogP contribution in [0.1, 0.15) is 11.5 Å². The molecule has 0 saturated heterocycles. The van der Waals surface area contributed by atoms with E-state index in [1.165, 1.54) is 17.4 Å². The molecule has 0 spiro atoms. The van der Waals surface area contributed by atoms with E-state index in [2.05, 4.69) is 10.2 Å². The van der Waals surface area contributed by atoms with E-state index in [9.17, 15) is 4.79 Å². The molecule has 2 heterocycles. The van der Waals surface area contributed by atoms with Crippen molar-refractivity contribution in [3.63, 3.8) is 0 Å². The van der Waals surface area contributed by atoms with Gasteiger partial charge >= 0.3 is 5.97 Å². The average molecular weight is 236 g/mol. The molecule has 82 valence electrons. The van der Waals surface area contributed by atoms with E-state index in [4.69, 9.17) is 9.52 Å². The first-order valence-corrected chi connectivity index (χ1v) is 5.34. The van der Waals surface area contributed by atoms with Gasteiger partial charge in [0.2, 0.25) is 5.89 Å². The van der Waals surface area contributed by atoms with E-state index in [1.807, 2.05) is 18.4 Å². The second-order valence-corrected chi connectivity index (χ2v) is 3.97. The SMILES string of the molecule is Cc1ccsc1-c1nnc(/C=C/C(=O)O)o1. The molecule has 0 aromatic carbocycles. The van der Waals surface area contributed by atoms with Crippen molar-refractivity contribution in [1.82, 2.24) is 10.2 Å². The summed E-state index contributed by atoms with van der Waals surface area (Å²) in [5, 5.41) is 17.9. The van der Waals surface area contributed by atoms with E-state index < -0.39 is 5.97 Å². The second-order valence-electron chi connectivity index (χ2n) is 3.05. The number of hydrogen-bond donors (Lipinski definition) is 1. The number of rotatable bonds is 3. The maximum absolute atomic E-state index is 10.3. The molecule has 2 rings (SSSR count). The van der Waals surface area contributed by atoms with Crippen molar-refractivity contribution in [2.24, 2.45) is 0 Å². The summed E-state index contributed by atoms with van der Waals surface area (Å²) >= 11 is 1.50. The van der Waals surface area contributed by atoms with Crippen molar-refractivity contribution in [1.29, 1.82) is 0 Å². The minimum atomic E-state index is -1.05. The summed E-state index contributed by atoms with van der Waals surface area (Å²) in [6.07, 6.45) is 2.22. The van der Waals surface area contributed by atoms with E-state index in [-0.39, 0.29) is 5.89 Å². The fourth-order valence-electron chi connectivity index (χ4n) is 1.13. The highest BCUT2D eigenvalue weighted by atomic mass is 32.1. The molecule has 2 aromatic rings. The van der Waals surface area contributed by atoms with Gasteiger partial charge in [0.1, 0.15) is 0 Å². The first-order chi connectivity index (χ1) is 7.66. The number of thiophene rings is 1. The van der Waals surface area contributed by atoms with Gasteiger partial charge in [-0.2, -0.15) is 0 Å². The molecular formula is C10H8N2O3S. The smallest absolute Gasteiger partial charge is 0.328 e. The van der Waals surface area contributed by atoms with Crippen molar-refractivity contribution < 1.29 is 14.3 Å². The van der Waals surface area contributed by atoms with Crippen LogP contribution in [0.15, 0.2) is 21.9 Å². The Balaban J connectivity index is 2.27. The predicted octanol–water partition coefficient (Wildman–Crippen LogP) is 2.20. The molecule has 0 bridgehead atoms. The lowest BCUT2D eigenvalue weighted by Crippen LogP contribution is -1.85. The van der Waals surface area contributed by atoms with E-state index in [0.29, 0.717) is 5.89 Å². The zero-order valence-electron chi connectivity index (χ0n) is 8.38. The van der Waals surface area contributed by atoms with E-state index >= 15 is 0 Å². The molecule has 0 unspecified atom stereocenters. The van der Waals surface area contributed by atoms with Gasteiger partial charge in [-0.05, 0) is 23.9 Å². The Hall–Kier alpha value is -1.95. The third kappa shape index (κ3) is 2.17. The van der Waals surface area contributed by atoms with Crippen LogP contribution < -0.4 is 0 Å². The average Bonchev–Trinajstić information content (AvgIpc) is 2.83. The normalized spacial score (nSPS) is 11.1. The molecule has 2 aromatic heterocycles. The van der Waals surface area contributed by atoms with Crippen LogP contribution in [0.5, 0.6) is 0 Å². The van der Waals surface area contributed by atoms with Gasteiger partial charge in [-0.15, -0.1) is 21.5 Å². The molecule has 0 aliphatic heterocycles. The van der Waals surface area contributed by atoms with Crippen LogP contribution >= 0.6 is 11.3 Å². The number of carbonyl (C=O) groups is 1. The van der Waals surface area contributed by atoms with Crippen LogP contribution in [-0.2, 0) is 4.79 Å². The molecule has 6 heteroatoms. The minimum Gasteiger partial charge on any atom is -0.478 e. The zero-order valence-corrected chi connectivity index (χ0v) is 9.19. The zero-order chi connectivity index (χ0) is 11.5. The van der Waals surface area contributed by atoms with Crippen molar-refractivity contribution in [2.45, 2.75) is 6.92 Å². The van der Waals surface area contributed by atoms with Crippen molar-refractivity contribution in [3.05, 3.63) is 29.0 Å². The molecule has 0 fully saturated rings. The maximum atomic E-state index is 10.3. The summed E-state index contributed by atoms with van der Waals surface area (Å²) in [5.41, 5.74) is 1.06. The third-order valence-corrected chi connectivity index (χ3v) is 2.87. The highest BCUT2D eigenvalue weighted by molar-refractivity contribution is 7.13. The summed E-state index contributed by atoms with van der Waals surface area (Å²) in [5.74, 6) is -0.449. The van der Waals surface area contributed by atoms with Gasteiger partial charge in [-0.3, -0.25) is 0 Å². The van der Waals surface area contributed by atoms with Crippen molar-refractivity contribution in [3.8, 4) is 10.8 Å². The Morgan fingerprint density at radius 3 is 3.00 bits per heavy atom. The molecule has 0 aliphatic carbocycles. The van der Waals surface area contributed by atoms with Gasteiger partial charge in [-0.25, -0.2) is 4.79 Å². The standard InChI is InChI=1S/C10H8N2O3S/c1-6-4-5-16-9(6)10-12-11-7(15-10)2-3-8(13)14/h2-5H,1H3,(H,13,14)/b3-2+. The van der Waals surface area contributed by atoms with Crippen LogP contribution in [0.4, 0.5) is 0 Å². The summed E-state index contributed by atoms with van der Waals surface area (Å²) in [7, 11) is 0. The molecule has 5 nitrogen and oxygen atoms in total. The molecule has 0 amide bonds. The first kappa shape index (κ1) is 10.6. The lowest BCUT2D eigenvalue weighted by atomic mass is 10.3. The van der Waals surface area contributed by atoms with Gasteiger partial charge < -0.3 is 9.52 Å². The number of aryl methyl sites for hydroxylation is 1. The fraction of sp³-hybridized carbons (Fsp3) is 0.100. The summed E-state index contributed by atoms with van der Waals surface area (Å²) in [4.78, 5) is 11.2. The summed E-state index contributed by atoms with van der Waals surface area (Å²) in [6.45, 7) is 1.95. The molecule has 1 N–H and O–H groups in total. The first-order valence-electron chi connectivity index (χ1n) is 4.46. The maximum Gasteiger partial charge on any atom is 0.328 e. The summed E-state index contributed by atoms with van der Waals surface area (Å²) in [6, 6.07) is 1.96. The Labute approximate surface area is 95.1 Å². The Kier molecular flexibility index (Phi) is 2.82. The lowest BCUT2D eigenvalue weighted by Gasteiger charge is -1.89. The van der Waals surface area contributed by atoms with Gasteiger partial charge in [0.05, 0.1) is 4.88 Å². The molecule has 0 aliphatic rings. The van der Waals surface area contributed by atoms with Crippen LogP contribution in [0.3, 0.4) is 0 Å². The van der Waals surface area contributed by atoms with Crippen LogP contribution in [0.2, 0.25) is 0 Å². The van der Waals surface area contributed by atoms with Gasteiger partial charge in [0.15, 0.2) is 0 Å². The van der Waals surface area contributed by atoms with Crippen LogP contribution in [0, 0.1) is 6.92 Å². The summed E-state index contributed by atoms with van der Waals surface area (Å²) < 4.78 is 5.30. The molecule has 0 radical (unpaired) electrons. The number of aliphatic carboxylic acids is 1. The third-order valence-electron chi connectivity index (χ3n) is 1.87. The molecule has 16 heavy (non-hydrogen) atoms. The molecule has 0 atom stereocenters. The molecular weight excluding hydrogens is 228 g/mol. The Bertz CT molecular complexity index is 542. The van der Waals surface area contributed by atoms with Crippen LogP contribution in [-0.4, -0.2) is 21.3 Å². The highest BCUT2D eigenvalue weighted by Gasteiger charge is 2.10. The van der Waals surface area contributed by atoms with Crippen LogP contribution in [0.25, 0.3) is 16.8 Å². The minimum absolute atomic E-state index is 0.185. The van der Waals surface area contributed by atoms with Gasteiger partial charge in [0, 0.05) is 12.2 Å². The second kappa shape index (κ2) is 4.28. The van der Waals surface area contributed by atoms with Crippen molar-refractivity contribution >= 4 is 23.4 Å². The molecule has 0 saturated carbocycles.